The van der Waals surface area contributed by atoms with Crippen LogP contribution in [0.25, 0.3) is 0 Å². The highest BCUT2D eigenvalue weighted by molar-refractivity contribution is 14.1. The van der Waals surface area contributed by atoms with Crippen LogP contribution >= 0.6 is 22.6 Å². The summed E-state index contributed by atoms with van der Waals surface area (Å²) in [5, 5.41) is 0. The van der Waals surface area contributed by atoms with Gasteiger partial charge in [0.1, 0.15) is 0 Å². The third-order valence-electron chi connectivity index (χ3n) is 1.60. The van der Waals surface area contributed by atoms with Gasteiger partial charge in [0.15, 0.2) is 0 Å². The van der Waals surface area contributed by atoms with Crippen molar-refractivity contribution in [1.29, 1.82) is 0 Å². The van der Waals surface area contributed by atoms with E-state index >= 15 is 0 Å². The number of rotatable bonds is 1. The van der Waals surface area contributed by atoms with Gasteiger partial charge in [-0.05, 0) is 34.2 Å². The molecule has 0 fully saturated rings. The molecular weight excluding hydrogens is 294 g/mol. The summed E-state index contributed by atoms with van der Waals surface area (Å²) < 4.78 is 37.1. The van der Waals surface area contributed by atoms with E-state index in [1.54, 1.807) is 28.7 Å². The van der Waals surface area contributed by atoms with Gasteiger partial charge in [0.05, 0.1) is 5.56 Å². The van der Waals surface area contributed by atoms with Crippen molar-refractivity contribution in [3.63, 3.8) is 0 Å². The first-order chi connectivity index (χ1) is 5.96. The molecule has 1 nitrogen and oxygen atoms in total. The minimum atomic E-state index is -4.29. The van der Waals surface area contributed by atoms with Crippen LogP contribution in [0.15, 0.2) is 18.2 Å². The molecule has 1 aromatic rings. The van der Waals surface area contributed by atoms with Gasteiger partial charge in [0, 0.05) is 10.1 Å². The maximum atomic E-state index is 12.3. The lowest BCUT2D eigenvalue weighted by Gasteiger charge is -2.11. The van der Waals surface area contributed by atoms with E-state index < -0.39 is 11.7 Å². The number of hydrogen-bond acceptors (Lipinski definition) is 1. The zero-order chi connectivity index (χ0) is 10.1. The van der Waals surface area contributed by atoms with Gasteiger partial charge >= 0.3 is 6.18 Å². The van der Waals surface area contributed by atoms with Crippen molar-refractivity contribution in [1.82, 2.24) is 0 Å². The molecule has 0 aliphatic rings. The third-order valence-corrected chi connectivity index (χ3v) is 2.88. The number of halogens is 4. The molecule has 0 amide bonds. The smallest absolute Gasteiger partial charge is 0.326 e. The molecule has 0 bridgehead atoms. The Kier molecular flexibility index (Phi) is 3.18. The van der Waals surface area contributed by atoms with E-state index in [0.29, 0.717) is 5.56 Å². The van der Waals surface area contributed by atoms with Crippen LogP contribution in [0.4, 0.5) is 13.2 Å². The standard InChI is InChI=1S/C8H7F3IN/c9-8(10,11)6-3-1-2-5(4-13)7(6)12/h1-3H,4,13H2. The number of nitrogens with two attached hydrogens (primary N) is 1. The van der Waals surface area contributed by atoms with Crippen molar-refractivity contribution in [3.05, 3.63) is 32.9 Å². The summed E-state index contributed by atoms with van der Waals surface area (Å²) in [4.78, 5) is 0. The van der Waals surface area contributed by atoms with Crippen molar-refractivity contribution < 1.29 is 13.2 Å². The Hall–Kier alpha value is -0.300. The molecule has 1 rings (SSSR count). The highest BCUT2D eigenvalue weighted by atomic mass is 127. The predicted octanol–water partition coefficient (Wildman–Crippen LogP) is 2.77. The minimum absolute atomic E-state index is 0.127. The van der Waals surface area contributed by atoms with E-state index in [0.717, 1.165) is 6.07 Å². The van der Waals surface area contributed by atoms with Gasteiger partial charge in [-0.1, -0.05) is 12.1 Å². The Morgan fingerprint density at radius 2 is 1.92 bits per heavy atom. The normalized spacial score (nSPS) is 11.8. The summed E-state index contributed by atoms with van der Waals surface area (Å²) in [6.07, 6.45) is -4.29. The Balaban J connectivity index is 3.24. The van der Waals surface area contributed by atoms with Gasteiger partial charge in [-0.25, -0.2) is 0 Å². The van der Waals surface area contributed by atoms with Crippen LogP contribution in [0, 0.1) is 3.57 Å². The van der Waals surface area contributed by atoms with Crippen LogP contribution in [0.1, 0.15) is 11.1 Å². The lowest BCUT2D eigenvalue weighted by atomic mass is 10.1. The molecule has 0 saturated heterocycles. The highest BCUT2D eigenvalue weighted by Gasteiger charge is 2.33. The fourth-order valence-electron chi connectivity index (χ4n) is 0.956. The van der Waals surface area contributed by atoms with Gasteiger partial charge in [-0.2, -0.15) is 13.2 Å². The lowest BCUT2D eigenvalue weighted by molar-refractivity contribution is -0.138. The average molecular weight is 301 g/mol. The van der Waals surface area contributed by atoms with E-state index in [2.05, 4.69) is 0 Å². The van der Waals surface area contributed by atoms with Crippen LogP contribution in [-0.2, 0) is 12.7 Å². The first kappa shape index (κ1) is 10.8. The molecular formula is C8H7F3IN. The molecule has 13 heavy (non-hydrogen) atoms. The maximum absolute atomic E-state index is 12.3. The van der Waals surface area contributed by atoms with Gasteiger partial charge in [0.2, 0.25) is 0 Å². The van der Waals surface area contributed by atoms with Gasteiger partial charge in [-0.3, -0.25) is 0 Å². The number of hydrogen-bond donors (Lipinski definition) is 1. The molecule has 0 spiro atoms. The molecule has 0 unspecified atom stereocenters. The second-order valence-electron chi connectivity index (χ2n) is 2.48. The van der Waals surface area contributed by atoms with Crippen LogP contribution < -0.4 is 5.73 Å². The van der Waals surface area contributed by atoms with Gasteiger partial charge in [-0.15, -0.1) is 0 Å². The van der Waals surface area contributed by atoms with Crippen LogP contribution in [-0.4, -0.2) is 0 Å². The fourth-order valence-corrected chi connectivity index (χ4v) is 1.84. The summed E-state index contributed by atoms with van der Waals surface area (Å²) in [7, 11) is 0. The van der Waals surface area contributed by atoms with Crippen molar-refractivity contribution in [2.75, 3.05) is 0 Å². The fraction of sp³-hybridized carbons (Fsp3) is 0.250. The van der Waals surface area contributed by atoms with Crippen molar-refractivity contribution in [3.8, 4) is 0 Å². The summed E-state index contributed by atoms with van der Waals surface area (Å²) in [6, 6.07) is 4.02. The minimum Gasteiger partial charge on any atom is -0.326 e. The first-order valence-electron chi connectivity index (χ1n) is 3.51. The molecule has 72 valence electrons. The molecule has 0 aliphatic heterocycles. The van der Waals surface area contributed by atoms with E-state index in [-0.39, 0.29) is 10.1 Å². The second kappa shape index (κ2) is 3.83. The molecule has 0 heterocycles. The third kappa shape index (κ3) is 2.34. The van der Waals surface area contributed by atoms with Crippen LogP contribution in [0.3, 0.4) is 0 Å². The molecule has 0 saturated carbocycles. The van der Waals surface area contributed by atoms with Crippen molar-refractivity contribution >= 4 is 22.6 Å². The molecule has 0 aliphatic carbocycles. The molecule has 2 N–H and O–H groups in total. The first-order valence-corrected chi connectivity index (χ1v) is 4.59. The largest absolute Gasteiger partial charge is 0.417 e. The van der Waals surface area contributed by atoms with Gasteiger partial charge < -0.3 is 5.73 Å². The lowest BCUT2D eigenvalue weighted by Crippen LogP contribution is -2.10. The summed E-state index contributed by atoms with van der Waals surface area (Å²) in [5.41, 5.74) is 5.20. The van der Waals surface area contributed by atoms with E-state index in [9.17, 15) is 13.2 Å². The van der Waals surface area contributed by atoms with Crippen LogP contribution in [0.2, 0.25) is 0 Å². The molecule has 5 heteroatoms. The average Bonchev–Trinajstić information content (AvgIpc) is 2.02. The van der Waals surface area contributed by atoms with E-state index in [1.807, 2.05) is 0 Å². The van der Waals surface area contributed by atoms with Crippen molar-refractivity contribution in [2.45, 2.75) is 12.7 Å². The Morgan fingerprint density at radius 3 is 2.38 bits per heavy atom. The summed E-state index contributed by atoms with van der Waals surface area (Å²) >= 11 is 1.67. The van der Waals surface area contributed by atoms with Crippen LogP contribution in [0.5, 0.6) is 0 Å². The summed E-state index contributed by atoms with van der Waals surface area (Å²) in [5.74, 6) is 0. The monoisotopic (exact) mass is 301 g/mol. The predicted molar refractivity (Wildman–Crippen MR) is 52.1 cm³/mol. The quantitative estimate of drug-likeness (QED) is 0.793. The highest BCUT2D eigenvalue weighted by Crippen LogP contribution is 2.33. The topological polar surface area (TPSA) is 26.0 Å². The van der Waals surface area contributed by atoms with E-state index in [4.69, 9.17) is 5.73 Å². The Morgan fingerprint density at radius 1 is 1.31 bits per heavy atom. The van der Waals surface area contributed by atoms with Gasteiger partial charge in [0.25, 0.3) is 0 Å². The number of benzene rings is 1. The SMILES string of the molecule is NCc1cccc(C(F)(F)F)c1I. The Labute approximate surface area is 87.3 Å². The zero-order valence-electron chi connectivity index (χ0n) is 6.53. The summed E-state index contributed by atoms with van der Waals surface area (Å²) in [6.45, 7) is 0.127. The molecule has 0 radical (unpaired) electrons. The number of alkyl halides is 3. The van der Waals surface area contributed by atoms with Crippen molar-refractivity contribution in [2.24, 2.45) is 5.73 Å². The molecule has 0 aromatic heterocycles. The Bertz CT molecular complexity index is 309. The second-order valence-corrected chi connectivity index (χ2v) is 3.56. The molecule has 0 atom stereocenters. The zero-order valence-corrected chi connectivity index (χ0v) is 8.69. The molecule has 1 aromatic carbocycles. The van der Waals surface area contributed by atoms with E-state index in [1.165, 1.54) is 6.07 Å². The maximum Gasteiger partial charge on any atom is 0.417 e.